The summed E-state index contributed by atoms with van der Waals surface area (Å²) in [6, 6.07) is 10.3. The average Bonchev–Trinajstić information content (AvgIpc) is 3.31. The Morgan fingerprint density at radius 1 is 1.15 bits per heavy atom. The lowest BCUT2D eigenvalue weighted by molar-refractivity contribution is -0.146. The van der Waals surface area contributed by atoms with Crippen molar-refractivity contribution in [3.05, 3.63) is 35.7 Å². The molecular weight excluding hydrogens is 440 g/mol. The topological polar surface area (TPSA) is 122 Å². The number of carbonyl (C=O) groups excluding carboxylic acids is 2. The number of benzene rings is 1. The van der Waals surface area contributed by atoms with Gasteiger partial charge in [-0.2, -0.15) is 0 Å². The van der Waals surface area contributed by atoms with Gasteiger partial charge in [0.15, 0.2) is 5.82 Å². The number of rotatable bonds is 6. The second-order valence-corrected chi connectivity index (χ2v) is 9.37. The molecule has 5 rings (SSSR count). The maximum Gasteiger partial charge on any atom is 0.311 e. The van der Waals surface area contributed by atoms with E-state index < -0.39 is 11.8 Å². The van der Waals surface area contributed by atoms with Gasteiger partial charge in [-0.3, -0.25) is 9.59 Å². The molecule has 0 aliphatic carbocycles. The van der Waals surface area contributed by atoms with Crippen molar-refractivity contribution < 1.29 is 14.3 Å². The number of amides is 2. The van der Waals surface area contributed by atoms with E-state index in [2.05, 4.69) is 39.0 Å². The fraction of sp³-hybridized carbons (Fsp3) is 0.391. The van der Waals surface area contributed by atoms with Crippen LogP contribution >= 0.6 is 11.3 Å². The number of ether oxygens (including phenoxy) is 1. The van der Waals surface area contributed by atoms with Crippen molar-refractivity contribution >= 4 is 44.7 Å². The number of hydrogen-bond donors (Lipinski definition) is 3. The second-order valence-electron chi connectivity index (χ2n) is 8.46. The number of primary amides is 1. The third-order valence-electron chi connectivity index (χ3n) is 6.21. The van der Waals surface area contributed by atoms with E-state index in [0.29, 0.717) is 24.8 Å². The van der Waals surface area contributed by atoms with Gasteiger partial charge in [-0.15, -0.1) is 21.5 Å². The third-order valence-corrected chi connectivity index (χ3v) is 7.13. The first kappa shape index (κ1) is 21.6. The number of para-hydroxylation sites is 1. The molecule has 2 aliphatic heterocycles. The lowest BCUT2D eigenvalue weighted by Gasteiger charge is -2.38. The molecule has 2 fully saturated rings. The Morgan fingerprint density at radius 2 is 1.94 bits per heavy atom. The van der Waals surface area contributed by atoms with E-state index in [-0.39, 0.29) is 6.04 Å². The van der Waals surface area contributed by atoms with Crippen LogP contribution in [0.15, 0.2) is 35.7 Å². The summed E-state index contributed by atoms with van der Waals surface area (Å²) < 4.78 is 6.49. The van der Waals surface area contributed by atoms with E-state index >= 15 is 0 Å². The third kappa shape index (κ3) is 4.49. The smallest absolute Gasteiger partial charge is 0.311 e. The molecule has 2 amide bonds. The summed E-state index contributed by atoms with van der Waals surface area (Å²) in [6.45, 7) is 3.40. The van der Waals surface area contributed by atoms with Crippen LogP contribution in [0, 0.1) is 5.92 Å². The fourth-order valence-corrected chi connectivity index (χ4v) is 5.15. The zero-order valence-corrected chi connectivity index (χ0v) is 18.9. The number of nitrogens with two attached hydrogens (primary N) is 1. The quantitative estimate of drug-likeness (QED) is 0.477. The minimum Gasteiger partial charge on any atom is -0.384 e. The molecule has 9 nitrogen and oxygen atoms in total. The van der Waals surface area contributed by atoms with Crippen LogP contribution in [-0.2, 0) is 14.3 Å². The standard InChI is InChI=1S/C23H26N6O3S/c24-21(30)23(31)29-12-15(13-29)26-22-20-17(7-10-33-20)19(27-28-22)16-3-1-2-4-18(16)25-11-14-5-8-32-9-6-14/h1-4,7,10,14-15,25H,5-6,8-9,11-13H2,(H2,24,30)(H,26,28). The summed E-state index contributed by atoms with van der Waals surface area (Å²) in [4.78, 5) is 24.1. The largest absolute Gasteiger partial charge is 0.384 e. The molecular formula is C23H26N6O3S. The lowest BCUT2D eigenvalue weighted by atomic mass is 9.99. The normalized spacial score (nSPS) is 17.0. The van der Waals surface area contributed by atoms with Crippen molar-refractivity contribution in [3.63, 3.8) is 0 Å². The van der Waals surface area contributed by atoms with Crippen molar-refractivity contribution in [2.75, 3.05) is 43.5 Å². The SMILES string of the molecule is NC(=O)C(=O)N1CC(Nc2nnc(-c3ccccc3NCC3CCOCC3)c3ccsc23)C1. The molecule has 172 valence electrons. The molecule has 0 spiro atoms. The van der Waals surface area contributed by atoms with Crippen molar-refractivity contribution in [1.29, 1.82) is 0 Å². The van der Waals surface area contributed by atoms with Crippen LogP contribution < -0.4 is 16.4 Å². The Bertz CT molecular complexity index is 1170. The number of nitrogens with zero attached hydrogens (tertiary/aromatic N) is 3. The molecule has 0 unspecified atom stereocenters. The van der Waals surface area contributed by atoms with E-state index in [1.165, 1.54) is 4.90 Å². The van der Waals surface area contributed by atoms with E-state index in [1.54, 1.807) is 11.3 Å². The minimum atomic E-state index is -0.928. The lowest BCUT2D eigenvalue weighted by Crippen LogP contribution is -2.59. The average molecular weight is 467 g/mol. The zero-order chi connectivity index (χ0) is 22.8. The van der Waals surface area contributed by atoms with Crippen LogP contribution in [0.1, 0.15) is 12.8 Å². The van der Waals surface area contributed by atoms with Crippen LogP contribution in [0.4, 0.5) is 11.5 Å². The van der Waals surface area contributed by atoms with Crippen molar-refractivity contribution in [2.24, 2.45) is 11.7 Å². The molecule has 4 heterocycles. The molecule has 4 N–H and O–H groups in total. The molecule has 0 atom stereocenters. The maximum atomic E-state index is 11.7. The number of carbonyl (C=O) groups is 2. The van der Waals surface area contributed by atoms with E-state index in [4.69, 9.17) is 10.5 Å². The van der Waals surface area contributed by atoms with Gasteiger partial charge in [0.2, 0.25) is 0 Å². The Morgan fingerprint density at radius 3 is 2.73 bits per heavy atom. The summed E-state index contributed by atoms with van der Waals surface area (Å²) in [5.41, 5.74) is 7.98. The van der Waals surface area contributed by atoms with Crippen LogP contribution in [0.25, 0.3) is 21.3 Å². The van der Waals surface area contributed by atoms with Crippen molar-refractivity contribution in [2.45, 2.75) is 18.9 Å². The molecule has 2 aliphatic rings. The Balaban J connectivity index is 1.34. The predicted molar refractivity (Wildman–Crippen MR) is 128 cm³/mol. The highest BCUT2D eigenvalue weighted by Crippen LogP contribution is 2.37. The molecule has 10 heteroatoms. The number of nitrogens with one attached hydrogen (secondary N) is 2. The molecule has 3 aromatic rings. The zero-order valence-electron chi connectivity index (χ0n) is 18.1. The van der Waals surface area contributed by atoms with Gasteiger partial charge in [-0.1, -0.05) is 18.2 Å². The van der Waals surface area contributed by atoms with Gasteiger partial charge in [0.25, 0.3) is 0 Å². The Kier molecular flexibility index (Phi) is 6.10. The van der Waals surface area contributed by atoms with Crippen LogP contribution in [0.2, 0.25) is 0 Å². The highest BCUT2D eigenvalue weighted by atomic mass is 32.1. The number of hydrogen-bond acceptors (Lipinski definition) is 8. The predicted octanol–water partition coefficient (Wildman–Crippen LogP) is 2.30. The summed E-state index contributed by atoms with van der Waals surface area (Å²) >= 11 is 1.60. The molecule has 0 saturated carbocycles. The van der Waals surface area contributed by atoms with Gasteiger partial charge in [0, 0.05) is 49.5 Å². The first-order chi connectivity index (χ1) is 16.1. The van der Waals surface area contributed by atoms with Crippen molar-refractivity contribution in [1.82, 2.24) is 15.1 Å². The number of thiophene rings is 1. The molecule has 2 aromatic heterocycles. The van der Waals surface area contributed by atoms with E-state index in [1.807, 2.05) is 17.5 Å². The summed E-state index contributed by atoms with van der Waals surface area (Å²) in [5.74, 6) is -0.287. The minimum absolute atomic E-state index is 0.00664. The number of likely N-dealkylation sites (tertiary alicyclic amines) is 1. The molecule has 33 heavy (non-hydrogen) atoms. The van der Waals surface area contributed by atoms with Crippen LogP contribution in [-0.4, -0.2) is 65.8 Å². The number of fused-ring (bicyclic) bond motifs is 1. The molecule has 2 saturated heterocycles. The summed E-state index contributed by atoms with van der Waals surface area (Å²) in [6.07, 6.45) is 2.15. The first-order valence-corrected chi connectivity index (χ1v) is 12.0. The van der Waals surface area contributed by atoms with E-state index in [0.717, 1.165) is 59.6 Å². The van der Waals surface area contributed by atoms with Gasteiger partial charge in [0.1, 0.15) is 5.69 Å². The van der Waals surface area contributed by atoms with Gasteiger partial charge < -0.3 is 26.0 Å². The summed E-state index contributed by atoms with van der Waals surface area (Å²) in [5, 5.41) is 19.1. The fourth-order valence-electron chi connectivity index (χ4n) is 4.31. The van der Waals surface area contributed by atoms with Crippen LogP contribution in [0.3, 0.4) is 0 Å². The van der Waals surface area contributed by atoms with E-state index in [9.17, 15) is 9.59 Å². The Hall–Kier alpha value is -3.24. The Labute approximate surface area is 195 Å². The second kappa shape index (κ2) is 9.32. The van der Waals surface area contributed by atoms with Gasteiger partial charge >= 0.3 is 11.8 Å². The van der Waals surface area contributed by atoms with Crippen LogP contribution in [0.5, 0.6) is 0 Å². The molecule has 1 aromatic carbocycles. The highest BCUT2D eigenvalue weighted by molar-refractivity contribution is 7.17. The van der Waals surface area contributed by atoms with Gasteiger partial charge in [-0.25, -0.2) is 0 Å². The summed E-state index contributed by atoms with van der Waals surface area (Å²) in [7, 11) is 0. The number of anilines is 2. The molecule has 0 radical (unpaired) electrons. The first-order valence-electron chi connectivity index (χ1n) is 11.1. The highest BCUT2D eigenvalue weighted by Gasteiger charge is 2.33. The number of aromatic nitrogens is 2. The van der Waals surface area contributed by atoms with Crippen molar-refractivity contribution in [3.8, 4) is 11.3 Å². The van der Waals surface area contributed by atoms with Gasteiger partial charge in [-0.05, 0) is 36.3 Å². The van der Waals surface area contributed by atoms with Gasteiger partial charge in [0.05, 0.1) is 10.7 Å². The monoisotopic (exact) mass is 466 g/mol. The molecule has 0 bridgehead atoms. The maximum absolute atomic E-state index is 11.7.